The summed E-state index contributed by atoms with van der Waals surface area (Å²) in [4.78, 5) is 22.9. The number of anilines is 1. The molecule has 4 N–H and O–H groups in total. The van der Waals surface area contributed by atoms with E-state index in [2.05, 4.69) is 10.6 Å². The van der Waals surface area contributed by atoms with E-state index < -0.39 is 5.91 Å². The highest BCUT2D eigenvalue weighted by Gasteiger charge is 2.23. The number of nitrogens with two attached hydrogens (primary N) is 1. The Hall–Kier alpha value is -1.53. The van der Waals surface area contributed by atoms with Gasteiger partial charge in [0.05, 0.1) is 12.5 Å². The lowest BCUT2D eigenvalue weighted by atomic mass is 10.1. The van der Waals surface area contributed by atoms with E-state index in [0.29, 0.717) is 5.69 Å². The molecule has 0 aliphatic carbocycles. The molecule has 0 aromatic heterocycles. The first-order chi connectivity index (χ1) is 8.66. The number of benzene rings is 1. The molecule has 1 aromatic carbocycles. The highest BCUT2D eigenvalue weighted by Crippen LogP contribution is 2.17. The Morgan fingerprint density at radius 2 is 2.22 bits per heavy atom. The molecule has 5 nitrogen and oxygen atoms in total. The topological polar surface area (TPSA) is 84.2 Å². The molecule has 1 fully saturated rings. The van der Waals surface area contributed by atoms with Gasteiger partial charge in [0, 0.05) is 17.3 Å². The summed E-state index contributed by atoms with van der Waals surface area (Å²) in [6.07, 6.45) is 0.128. The molecule has 1 aliphatic rings. The molecule has 0 bridgehead atoms. The third kappa shape index (κ3) is 3.24. The van der Waals surface area contributed by atoms with E-state index >= 15 is 0 Å². The molecule has 1 saturated heterocycles. The number of para-hydroxylation sites is 1. The van der Waals surface area contributed by atoms with E-state index in [1.807, 2.05) is 12.1 Å². The zero-order valence-corrected chi connectivity index (χ0v) is 10.6. The number of rotatable bonds is 4. The number of hydrogen-bond donors (Lipinski definition) is 3. The third-order valence-electron chi connectivity index (χ3n) is 2.67. The summed E-state index contributed by atoms with van der Waals surface area (Å²) in [7, 11) is 0. The minimum absolute atomic E-state index is 0.0723. The normalized spacial score (nSPS) is 18.6. The largest absolute Gasteiger partial charge is 0.369 e. The second kappa shape index (κ2) is 5.88. The van der Waals surface area contributed by atoms with Crippen LogP contribution in [0.15, 0.2) is 24.3 Å². The standard InChI is InChI=1S/C12H15N3O2S/c13-11(16)5-8-3-1-2-4-9(8)15-12(17)10-6-18-7-14-10/h1-4,10,14H,5-7H2,(H2,13,16)(H,15,17). The van der Waals surface area contributed by atoms with E-state index in [4.69, 9.17) is 5.73 Å². The molecule has 1 atom stereocenters. The quantitative estimate of drug-likeness (QED) is 0.732. The van der Waals surface area contributed by atoms with Crippen molar-refractivity contribution in [3.63, 3.8) is 0 Å². The van der Waals surface area contributed by atoms with Gasteiger partial charge in [-0.2, -0.15) is 0 Å². The van der Waals surface area contributed by atoms with E-state index in [9.17, 15) is 9.59 Å². The molecule has 0 radical (unpaired) electrons. The van der Waals surface area contributed by atoms with Crippen LogP contribution in [-0.4, -0.2) is 29.5 Å². The lowest BCUT2D eigenvalue weighted by Crippen LogP contribution is -2.37. The summed E-state index contributed by atoms with van der Waals surface area (Å²) in [5.41, 5.74) is 6.57. The number of carbonyl (C=O) groups excluding carboxylic acids is 2. The number of thioether (sulfide) groups is 1. The lowest BCUT2D eigenvalue weighted by molar-refractivity contribution is -0.118. The molecule has 2 rings (SSSR count). The highest BCUT2D eigenvalue weighted by molar-refractivity contribution is 7.99. The molecular weight excluding hydrogens is 250 g/mol. The second-order valence-corrected chi connectivity index (χ2v) is 5.09. The first-order valence-electron chi connectivity index (χ1n) is 5.65. The summed E-state index contributed by atoms with van der Waals surface area (Å²) >= 11 is 1.69. The van der Waals surface area contributed by atoms with E-state index in [1.54, 1.807) is 23.9 Å². The second-order valence-electron chi connectivity index (χ2n) is 4.06. The van der Waals surface area contributed by atoms with Gasteiger partial charge in [-0.25, -0.2) is 0 Å². The van der Waals surface area contributed by atoms with Crippen LogP contribution >= 0.6 is 11.8 Å². The van der Waals surface area contributed by atoms with Crippen LogP contribution in [-0.2, 0) is 16.0 Å². The molecule has 18 heavy (non-hydrogen) atoms. The fraction of sp³-hybridized carbons (Fsp3) is 0.333. The van der Waals surface area contributed by atoms with Crippen LogP contribution in [0.4, 0.5) is 5.69 Å². The Bertz CT molecular complexity index is 458. The van der Waals surface area contributed by atoms with Gasteiger partial charge in [-0.1, -0.05) is 18.2 Å². The molecule has 96 valence electrons. The summed E-state index contributed by atoms with van der Waals surface area (Å²) in [6.45, 7) is 0. The van der Waals surface area contributed by atoms with Crippen molar-refractivity contribution in [3.05, 3.63) is 29.8 Å². The summed E-state index contributed by atoms with van der Waals surface area (Å²) in [5, 5.41) is 5.93. The predicted molar refractivity (Wildman–Crippen MR) is 72.2 cm³/mol. The maximum atomic E-state index is 11.9. The highest BCUT2D eigenvalue weighted by atomic mass is 32.2. The van der Waals surface area contributed by atoms with Crippen molar-refractivity contribution in [2.24, 2.45) is 5.73 Å². The molecule has 0 saturated carbocycles. The van der Waals surface area contributed by atoms with Gasteiger partial charge in [-0.3, -0.25) is 14.9 Å². The molecule has 0 spiro atoms. The van der Waals surface area contributed by atoms with Crippen molar-refractivity contribution < 1.29 is 9.59 Å². The van der Waals surface area contributed by atoms with Crippen molar-refractivity contribution in [1.29, 1.82) is 0 Å². The number of hydrogen-bond acceptors (Lipinski definition) is 4. The first kappa shape index (κ1) is 12.9. The lowest BCUT2D eigenvalue weighted by Gasteiger charge is -2.13. The van der Waals surface area contributed by atoms with Crippen LogP contribution in [0, 0.1) is 0 Å². The van der Waals surface area contributed by atoms with Crippen LogP contribution in [0.5, 0.6) is 0 Å². The molecule has 1 aromatic rings. The summed E-state index contributed by atoms with van der Waals surface area (Å²) < 4.78 is 0. The Morgan fingerprint density at radius 1 is 1.44 bits per heavy atom. The SMILES string of the molecule is NC(=O)Cc1ccccc1NC(=O)C1CSCN1. The first-order valence-corrected chi connectivity index (χ1v) is 6.80. The number of primary amides is 1. The minimum atomic E-state index is -0.411. The number of amides is 2. The van der Waals surface area contributed by atoms with Gasteiger partial charge in [0.2, 0.25) is 11.8 Å². The Kier molecular flexibility index (Phi) is 4.22. The van der Waals surface area contributed by atoms with Crippen molar-refractivity contribution in [1.82, 2.24) is 5.32 Å². The third-order valence-corrected chi connectivity index (χ3v) is 3.61. The number of carbonyl (C=O) groups is 2. The van der Waals surface area contributed by atoms with Crippen molar-refractivity contribution in [3.8, 4) is 0 Å². The van der Waals surface area contributed by atoms with Crippen LogP contribution in [0.3, 0.4) is 0 Å². The fourth-order valence-corrected chi connectivity index (χ4v) is 2.71. The smallest absolute Gasteiger partial charge is 0.242 e. The molecule has 1 unspecified atom stereocenters. The van der Waals surface area contributed by atoms with Gasteiger partial charge in [-0.05, 0) is 11.6 Å². The zero-order valence-electron chi connectivity index (χ0n) is 9.81. The van der Waals surface area contributed by atoms with Gasteiger partial charge in [0.15, 0.2) is 0 Å². The maximum Gasteiger partial charge on any atom is 0.242 e. The van der Waals surface area contributed by atoms with Crippen LogP contribution in [0.25, 0.3) is 0 Å². The Morgan fingerprint density at radius 3 is 2.89 bits per heavy atom. The van der Waals surface area contributed by atoms with Crippen molar-refractivity contribution in [2.45, 2.75) is 12.5 Å². The van der Waals surface area contributed by atoms with E-state index in [0.717, 1.165) is 17.2 Å². The fourth-order valence-electron chi connectivity index (χ4n) is 1.77. The van der Waals surface area contributed by atoms with E-state index in [1.165, 1.54) is 0 Å². The molecule has 2 amide bonds. The average molecular weight is 265 g/mol. The minimum Gasteiger partial charge on any atom is -0.369 e. The Balaban J connectivity index is 2.07. The zero-order chi connectivity index (χ0) is 13.0. The van der Waals surface area contributed by atoms with Crippen LogP contribution < -0.4 is 16.4 Å². The van der Waals surface area contributed by atoms with Gasteiger partial charge in [-0.15, -0.1) is 11.8 Å². The van der Waals surface area contributed by atoms with E-state index in [-0.39, 0.29) is 18.4 Å². The summed E-state index contributed by atoms with van der Waals surface area (Å²) in [5.74, 6) is 1.08. The maximum absolute atomic E-state index is 11.9. The van der Waals surface area contributed by atoms with Crippen LogP contribution in [0.2, 0.25) is 0 Å². The average Bonchev–Trinajstić information content (AvgIpc) is 2.84. The molecule has 1 heterocycles. The van der Waals surface area contributed by atoms with Gasteiger partial charge in [0.1, 0.15) is 0 Å². The van der Waals surface area contributed by atoms with Gasteiger partial charge in [0.25, 0.3) is 0 Å². The van der Waals surface area contributed by atoms with Crippen molar-refractivity contribution >= 4 is 29.3 Å². The van der Waals surface area contributed by atoms with Gasteiger partial charge >= 0.3 is 0 Å². The number of nitrogens with one attached hydrogen (secondary N) is 2. The van der Waals surface area contributed by atoms with Crippen LogP contribution in [0.1, 0.15) is 5.56 Å². The molecule has 1 aliphatic heterocycles. The van der Waals surface area contributed by atoms with Gasteiger partial charge < -0.3 is 11.1 Å². The molecule has 6 heteroatoms. The van der Waals surface area contributed by atoms with Crippen molar-refractivity contribution in [2.75, 3.05) is 16.9 Å². The summed E-state index contributed by atoms with van der Waals surface area (Å²) in [6, 6.07) is 7.03. The predicted octanol–water partition coefficient (Wildman–Crippen LogP) is 0.315. The monoisotopic (exact) mass is 265 g/mol. The molecular formula is C12H15N3O2S. The Labute approximate surface area is 110 Å².